The van der Waals surface area contributed by atoms with E-state index in [9.17, 15) is 14.4 Å². The van der Waals surface area contributed by atoms with Crippen molar-refractivity contribution in [1.29, 1.82) is 0 Å². The number of aromatic nitrogens is 3. The molecule has 2 amide bonds. The van der Waals surface area contributed by atoms with E-state index >= 15 is 0 Å². The fourth-order valence-corrected chi connectivity index (χ4v) is 3.59. The molecule has 1 unspecified atom stereocenters. The molecule has 0 bridgehead atoms. The average Bonchev–Trinajstić information content (AvgIpc) is 3.20. The van der Waals surface area contributed by atoms with Gasteiger partial charge in [-0.25, -0.2) is 9.67 Å². The number of likely N-dealkylation sites (tertiary alicyclic amines) is 1. The van der Waals surface area contributed by atoms with Crippen LogP contribution < -0.4 is 10.9 Å². The van der Waals surface area contributed by atoms with E-state index in [2.05, 4.69) is 15.4 Å². The van der Waals surface area contributed by atoms with E-state index in [-0.39, 0.29) is 29.0 Å². The van der Waals surface area contributed by atoms with Crippen LogP contribution in [0.15, 0.2) is 28.5 Å². The molecule has 0 spiro atoms. The van der Waals surface area contributed by atoms with E-state index < -0.39 is 0 Å². The summed E-state index contributed by atoms with van der Waals surface area (Å²) in [5.74, 6) is -0.645. The lowest BCUT2D eigenvalue weighted by molar-refractivity contribution is -0.121. The number of unbranched alkanes of at least 4 members (excludes halogenated alkanes) is 1. The number of hydrogen-bond donors (Lipinski definition) is 1. The Labute approximate surface area is 161 Å². The summed E-state index contributed by atoms with van der Waals surface area (Å²) in [5, 5.41) is 9.38. The third kappa shape index (κ3) is 4.79. The van der Waals surface area contributed by atoms with Crippen LogP contribution in [0.4, 0.5) is 5.13 Å². The second-order valence-corrected chi connectivity index (χ2v) is 7.44. The number of carbonyl (C=O) groups is 2. The highest BCUT2D eigenvalue weighted by atomic mass is 32.1. The fourth-order valence-electron chi connectivity index (χ4n) is 3.06. The minimum absolute atomic E-state index is 0.122. The van der Waals surface area contributed by atoms with Crippen LogP contribution in [0.1, 0.15) is 43.1 Å². The van der Waals surface area contributed by atoms with Gasteiger partial charge in [-0.15, -0.1) is 11.3 Å². The van der Waals surface area contributed by atoms with Crippen LogP contribution in [0.2, 0.25) is 0 Å². The quantitative estimate of drug-likeness (QED) is 0.815. The molecule has 1 saturated heterocycles. The Kier molecular flexibility index (Phi) is 6.33. The molecule has 0 aromatic carbocycles. The first-order valence-corrected chi connectivity index (χ1v) is 10.0. The molecule has 0 radical (unpaired) electrons. The van der Waals surface area contributed by atoms with Crippen molar-refractivity contribution in [2.45, 2.75) is 39.2 Å². The number of nitrogens with zero attached hydrogens (tertiary/aromatic N) is 4. The lowest BCUT2D eigenvalue weighted by Crippen LogP contribution is -2.44. The average molecular weight is 389 g/mol. The monoisotopic (exact) mass is 389 g/mol. The molecule has 0 saturated carbocycles. The van der Waals surface area contributed by atoms with E-state index in [0.29, 0.717) is 24.8 Å². The summed E-state index contributed by atoms with van der Waals surface area (Å²) in [5.41, 5.74) is 0.0334. The summed E-state index contributed by atoms with van der Waals surface area (Å²) in [6.07, 6.45) is 4.87. The van der Waals surface area contributed by atoms with E-state index in [1.807, 2.05) is 6.92 Å². The summed E-state index contributed by atoms with van der Waals surface area (Å²) in [6.45, 7) is 3.45. The van der Waals surface area contributed by atoms with E-state index in [1.165, 1.54) is 28.2 Å². The first-order valence-electron chi connectivity index (χ1n) is 9.16. The van der Waals surface area contributed by atoms with Crippen molar-refractivity contribution in [2.75, 3.05) is 18.4 Å². The van der Waals surface area contributed by atoms with E-state index in [1.54, 1.807) is 16.5 Å². The molecular weight excluding hydrogens is 366 g/mol. The van der Waals surface area contributed by atoms with Gasteiger partial charge in [0.15, 0.2) is 5.13 Å². The summed E-state index contributed by atoms with van der Waals surface area (Å²) >= 11 is 1.36. The maximum Gasteiger partial charge on any atom is 0.274 e. The van der Waals surface area contributed by atoms with Crippen molar-refractivity contribution in [3.8, 4) is 0 Å². The van der Waals surface area contributed by atoms with E-state index in [4.69, 9.17) is 0 Å². The van der Waals surface area contributed by atoms with Crippen molar-refractivity contribution < 1.29 is 9.59 Å². The maximum absolute atomic E-state index is 12.8. The zero-order valence-corrected chi connectivity index (χ0v) is 16.1. The van der Waals surface area contributed by atoms with Gasteiger partial charge in [0.05, 0.1) is 5.92 Å². The molecule has 2 aromatic rings. The highest BCUT2D eigenvalue weighted by Crippen LogP contribution is 2.20. The highest BCUT2D eigenvalue weighted by molar-refractivity contribution is 7.13. The molecule has 3 rings (SSSR count). The van der Waals surface area contributed by atoms with Gasteiger partial charge in [-0.05, 0) is 25.3 Å². The van der Waals surface area contributed by atoms with Gasteiger partial charge in [-0.2, -0.15) is 5.10 Å². The Hall–Kier alpha value is -2.55. The van der Waals surface area contributed by atoms with Crippen LogP contribution in [0.25, 0.3) is 0 Å². The van der Waals surface area contributed by atoms with Crippen molar-refractivity contribution in [3.63, 3.8) is 0 Å². The van der Waals surface area contributed by atoms with Gasteiger partial charge in [0.2, 0.25) is 5.91 Å². The Morgan fingerprint density at radius 2 is 2.22 bits per heavy atom. The van der Waals surface area contributed by atoms with Crippen molar-refractivity contribution in [1.82, 2.24) is 19.7 Å². The van der Waals surface area contributed by atoms with Crippen LogP contribution in [-0.2, 0) is 11.3 Å². The Bertz CT molecular complexity index is 849. The first-order chi connectivity index (χ1) is 13.1. The number of piperidine rings is 1. The van der Waals surface area contributed by atoms with Crippen LogP contribution in [0, 0.1) is 5.92 Å². The number of thiazole rings is 1. The molecular formula is C18H23N5O3S. The van der Waals surface area contributed by atoms with Gasteiger partial charge in [0.1, 0.15) is 5.69 Å². The van der Waals surface area contributed by atoms with Gasteiger partial charge >= 0.3 is 0 Å². The summed E-state index contributed by atoms with van der Waals surface area (Å²) in [4.78, 5) is 42.9. The first kappa shape index (κ1) is 19.2. The topological polar surface area (TPSA) is 97.2 Å². The smallest absolute Gasteiger partial charge is 0.274 e. The Morgan fingerprint density at radius 3 is 2.96 bits per heavy atom. The van der Waals surface area contributed by atoms with E-state index in [0.717, 1.165) is 25.7 Å². The lowest BCUT2D eigenvalue weighted by Gasteiger charge is -2.31. The van der Waals surface area contributed by atoms with Crippen LogP contribution in [0.3, 0.4) is 0 Å². The minimum atomic E-state index is -0.280. The number of amides is 2. The van der Waals surface area contributed by atoms with Gasteiger partial charge in [-0.3, -0.25) is 14.4 Å². The molecule has 8 nitrogen and oxygen atoms in total. The molecule has 1 atom stereocenters. The number of nitrogens with one attached hydrogen (secondary N) is 1. The minimum Gasteiger partial charge on any atom is -0.336 e. The zero-order chi connectivity index (χ0) is 19.2. The summed E-state index contributed by atoms with van der Waals surface area (Å²) in [6, 6.07) is 2.85. The second kappa shape index (κ2) is 8.90. The molecule has 9 heteroatoms. The molecule has 1 N–H and O–H groups in total. The van der Waals surface area contributed by atoms with Crippen LogP contribution in [-0.4, -0.2) is 44.6 Å². The van der Waals surface area contributed by atoms with Gasteiger partial charge in [0.25, 0.3) is 11.5 Å². The molecule has 0 aliphatic carbocycles. The fraction of sp³-hybridized carbons (Fsp3) is 0.500. The molecule has 144 valence electrons. The predicted molar refractivity (Wildman–Crippen MR) is 103 cm³/mol. The number of rotatable bonds is 6. The normalized spacial score (nSPS) is 16.9. The third-order valence-electron chi connectivity index (χ3n) is 4.55. The Morgan fingerprint density at radius 1 is 1.37 bits per heavy atom. The molecule has 1 fully saturated rings. The second-order valence-electron chi connectivity index (χ2n) is 6.55. The number of carbonyl (C=O) groups excluding carboxylic acids is 2. The summed E-state index contributed by atoms with van der Waals surface area (Å²) < 4.78 is 1.34. The standard InChI is InChI=1S/C18H23N5O3S/c1-2-3-10-23-15(24)7-6-14(21-23)17(26)22-9-4-5-13(12-22)16(25)20-18-19-8-11-27-18/h6-8,11,13H,2-5,9-10,12H2,1H3,(H,19,20,25). The van der Waals surface area contributed by atoms with Crippen molar-refractivity contribution >= 4 is 28.3 Å². The predicted octanol–water partition coefficient (Wildman–Crippen LogP) is 1.99. The summed E-state index contributed by atoms with van der Waals surface area (Å²) in [7, 11) is 0. The molecule has 1 aliphatic heterocycles. The number of hydrogen-bond acceptors (Lipinski definition) is 6. The SMILES string of the molecule is CCCCn1nc(C(=O)N2CCCC(C(=O)Nc3nccs3)C2)ccc1=O. The highest BCUT2D eigenvalue weighted by Gasteiger charge is 2.30. The zero-order valence-electron chi connectivity index (χ0n) is 15.3. The molecule has 3 heterocycles. The largest absolute Gasteiger partial charge is 0.336 e. The molecule has 27 heavy (non-hydrogen) atoms. The molecule has 1 aliphatic rings. The molecule has 2 aromatic heterocycles. The number of anilines is 1. The van der Waals surface area contributed by atoms with Gasteiger partial charge in [0, 0.05) is 37.3 Å². The lowest BCUT2D eigenvalue weighted by atomic mass is 9.97. The third-order valence-corrected chi connectivity index (χ3v) is 5.24. The van der Waals surface area contributed by atoms with Crippen LogP contribution in [0.5, 0.6) is 0 Å². The Balaban J connectivity index is 1.67. The maximum atomic E-state index is 12.8. The van der Waals surface area contributed by atoms with Gasteiger partial charge in [-0.1, -0.05) is 13.3 Å². The van der Waals surface area contributed by atoms with Crippen molar-refractivity contribution in [3.05, 3.63) is 39.8 Å². The van der Waals surface area contributed by atoms with Crippen molar-refractivity contribution in [2.24, 2.45) is 5.92 Å². The van der Waals surface area contributed by atoms with Gasteiger partial charge < -0.3 is 10.2 Å². The number of aryl methyl sites for hydroxylation is 1. The van der Waals surface area contributed by atoms with Crippen LogP contribution >= 0.6 is 11.3 Å².